The van der Waals surface area contributed by atoms with Crippen molar-refractivity contribution in [3.63, 3.8) is 0 Å². The summed E-state index contributed by atoms with van der Waals surface area (Å²) in [5.41, 5.74) is 0.00855. The van der Waals surface area contributed by atoms with E-state index in [9.17, 15) is 21.6 Å². The highest BCUT2D eigenvalue weighted by atomic mass is 32.2. The Morgan fingerprint density at radius 1 is 1.10 bits per heavy atom. The highest BCUT2D eigenvalue weighted by Crippen LogP contribution is 2.32. The van der Waals surface area contributed by atoms with E-state index in [2.05, 4.69) is 24.9 Å². The molecule has 0 radical (unpaired) electrons. The average Bonchev–Trinajstić information content (AvgIpc) is 3.16. The van der Waals surface area contributed by atoms with Crippen molar-refractivity contribution in [3.8, 4) is 0 Å². The van der Waals surface area contributed by atoms with Crippen LogP contribution in [0.15, 0.2) is 41.4 Å². The van der Waals surface area contributed by atoms with E-state index >= 15 is 0 Å². The number of rotatable bonds is 4. The summed E-state index contributed by atoms with van der Waals surface area (Å²) in [4.78, 5) is 9.06. The third kappa shape index (κ3) is 4.03. The third-order valence-corrected chi connectivity index (χ3v) is 6.25. The first-order valence-corrected chi connectivity index (χ1v) is 10.3. The molecule has 3 aromatic rings. The number of aromatic amines is 1. The third-order valence-electron chi connectivity index (χ3n) is 4.71. The van der Waals surface area contributed by atoms with Crippen molar-refractivity contribution in [1.29, 1.82) is 0 Å². The van der Waals surface area contributed by atoms with Crippen LogP contribution in [-0.4, -0.2) is 47.7 Å². The van der Waals surface area contributed by atoms with Gasteiger partial charge in [0.1, 0.15) is 5.82 Å². The first kappa shape index (κ1) is 19.6. The molecule has 2 N–H and O–H groups in total. The van der Waals surface area contributed by atoms with Gasteiger partial charge in [-0.25, -0.2) is 23.1 Å². The number of aromatic nitrogens is 4. The Morgan fingerprint density at radius 2 is 1.79 bits per heavy atom. The molecule has 1 fully saturated rings. The molecule has 12 heteroatoms. The Kier molecular flexibility index (Phi) is 4.90. The molecule has 1 aromatic carbocycles. The number of nitrogens with one attached hydrogen (secondary N) is 2. The number of H-pyrrole nitrogens is 1. The Hall–Kier alpha value is -2.73. The van der Waals surface area contributed by atoms with Crippen LogP contribution in [0.1, 0.15) is 18.7 Å². The quantitative estimate of drug-likeness (QED) is 0.664. The molecular formula is C17H17F3N6O2S. The van der Waals surface area contributed by atoms with Crippen LogP contribution in [0.3, 0.4) is 0 Å². The van der Waals surface area contributed by atoms with Crippen molar-refractivity contribution < 1.29 is 21.6 Å². The van der Waals surface area contributed by atoms with E-state index in [1.54, 1.807) is 23.1 Å². The zero-order valence-electron chi connectivity index (χ0n) is 15.0. The molecule has 0 amide bonds. The number of benzene rings is 1. The fraction of sp³-hybridized carbons (Fsp3) is 0.353. The first-order chi connectivity index (χ1) is 13.7. The maximum absolute atomic E-state index is 13.1. The Bertz CT molecular complexity index is 1110. The van der Waals surface area contributed by atoms with Gasteiger partial charge in [0.15, 0.2) is 5.65 Å². The Morgan fingerprint density at radius 3 is 2.45 bits per heavy atom. The summed E-state index contributed by atoms with van der Waals surface area (Å²) in [6.45, 7) is 0.688. The van der Waals surface area contributed by atoms with Crippen molar-refractivity contribution in [2.24, 2.45) is 0 Å². The molecule has 1 aliphatic rings. The number of sulfonamides is 1. The van der Waals surface area contributed by atoms with Crippen LogP contribution in [0.2, 0.25) is 0 Å². The maximum atomic E-state index is 13.1. The zero-order chi connectivity index (χ0) is 20.6. The molecule has 29 heavy (non-hydrogen) atoms. The SMILES string of the molecule is O=S(=O)(NC1CCN(c2nc(C(F)(F)F)nc3[nH]ncc23)CC1)c1ccccc1. The molecule has 0 atom stereocenters. The van der Waals surface area contributed by atoms with Gasteiger partial charge in [-0.3, -0.25) is 5.10 Å². The van der Waals surface area contributed by atoms with E-state index < -0.39 is 22.0 Å². The molecule has 8 nitrogen and oxygen atoms in total. The predicted octanol–water partition coefficient (Wildman–Crippen LogP) is 2.32. The minimum Gasteiger partial charge on any atom is -0.356 e. The molecule has 0 saturated carbocycles. The van der Waals surface area contributed by atoms with Gasteiger partial charge in [-0.1, -0.05) is 18.2 Å². The second-order valence-corrected chi connectivity index (χ2v) is 8.41. The number of halogens is 3. The fourth-order valence-electron chi connectivity index (χ4n) is 3.28. The molecule has 1 aliphatic heterocycles. The molecule has 3 heterocycles. The molecule has 0 bridgehead atoms. The summed E-state index contributed by atoms with van der Waals surface area (Å²) in [6, 6.07) is 7.70. The molecule has 0 unspecified atom stereocenters. The van der Waals surface area contributed by atoms with E-state index in [4.69, 9.17) is 0 Å². The molecule has 4 rings (SSSR count). The highest BCUT2D eigenvalue weighted by Gasteiger charge is 2.37. The lowest BCUT2D eigenvalue weighted by molar-refractivity contribution is -0.144. The summed E-state index contributed by atoms with van der Waals surface area (Å²) in [7, 11) is -3.65. The van der Waals surface area contributed by atoms with Crippen molar-refractivity contribution >= 4 is 26.9 Å². The lowest BCUT2D eigenvalue weighted by Gasteiger charge is -2.33. The van der Waals surface area contributed by atoms with Crippen LogP contribution >= 0.6 is 0 Å². The Labute approximate surface area is 164 Å². The topological polar surface area (TPSA) is 104 Å². The molecule has 2 aromatic heterocycles. The van der Waals surface area contributed by atoms with Gasteiger partial charge >= 0.3 is 6.18 Å². The van der Waals surface area contributed by atoms with Crippen LogP contribution in [0, 0.1) is 0 Å². The number of hydrogen-bond acceptors (Lipinski definition) is 6. The average molecular weight is 426 g/mol. The Balaban J connectivity index is 1.51. The van der Waals surface area contributed by atoms with Gasteiger partial charge in [0.05, 0.1) is 16.5 Å². The van der Waals surface area contributed by atoms with Gasteiger partial charge in [0.25, 0.3) is 0 Å². The van der Waals surface area contributed by atoms with Crippen LogP contribution in [0.5, 0.6) is 0 Å². The van der Waals surface area contributed by atoms with Gasteiger partial charge in [0, 0.05) is 19.1 Å². The van der Waals surface area contributed by atoms with E-state index in [1.807, 2.05) is 0 Å². The van der Waals surface area contributed by atoms with E-state index in [1.165, 1.54) is 18.3 Å². The van der Waals surface area contributed by atoms with Crippen LogP contribution in [-0.2, 0) is 16.2 Å². The largest absolute Gasteiger partial charge is 0.451 e. The monoisotopic (exact) mass is 426 g/mol. The molecular weight excluding hydrogens is 409 g/mol. The molecule has 1 saturated heterocycles. The lowest BCUT2D eigenvalue weighted by atomic mass is 10.1. The molecule has 154 valence electrons. The van der Waals surface area contributed by atoms with Gasteiger partial charge in [0.2, 0.25) is 15.8 Å². The number of hydrogen-bond donors (Lipinski definition) is 2. The predicted molar refractivity (Wildman–Crippen MR) is 98.7 cm³/mol. The van der Waals surface area contributed by atoms with Crippen molar-refractivity contribution in [3.05, 3.63) is 42.4 Å². The van der Waals surface area contributed by atoms with Crippen LogP contribution in [0.4, 0.5) is 19.0 Å². The second kappa shape index (κ2) is 7.26. The number of piperidine rings is 1. The van der Waals surface area contributed by atoms with Crippen LogP contribution < -0.4 is 9.62 Å². The number of alkyl halides is 3. The summed E-state index contributed by atoms with van der Waals surface area (Å²) in [5, 5.41) is 6.60. The molecule has 0 spiro atoms. The van der Waals surface area contributed by atoms with Gasteiger partial charge in [-0.2, -0.15) is 18.3 Å². The normalized spacial score (nSPS) is 16.4. The van der Waals surface area contributed by atoms with Gasteiger partial charge < -0.3 is 4.90 Å². The fourth-order valence-corrected chi connectivity index (χ4v) is 4.61. The minimum absolute atomic E-state index is 0.00855. The summed E-state index contributed by atoms with van der Waals surface area (Å²) in [6.07, 6.45) is -2.44. The minimum atomic E-state index is -4.68. The lowest BCUT2D eigenvalue weighted by Crippen LogP contribution is -2.45. The van der Waals surface area contributed by atoms with E-state index in [0.29, 0.717) is 31.3 Å². The number of anilines is 1. The van der Waals surface area contributed by atoms with Crippen molar-refractivity contribution in [1.82, 2.24) is 24.9 Å². The first-order valence-electron chi connectivity index (χ1n) is 8.85. The standard InChI is InChI=1S/C17H17F3N6O2S/c18-17(19,20)16-22-14-13(10-21-24-14)15(23-16)26-8-6-11(7-9-26)25-29(27,28)12-4-2-1-3-5-12/h1-5,10-11,25H,6-9H2,(H,21,22,23,24). The van der Waals surface area contributed by atoms with Crippen molar-refractivity contribution in [2.45, 2.75) is 30.0 Å². The molecule has 0 aliphatic carbocycles. The summed E-state index contributed by atoms with van der Waals surface area (Å²) >= 11 is 0. The highest BCUT2D eigenvalue weighted by molar-refractivity contribution is 7.89. The van der Waals surface area contributed by atoms with Gasteiger partial charge in [-0.15, -0.1) is 0 Å². The smallest absolute Gasteiger partial charge is 0.356 e. The second-order valence-electron chi connectivity index (χ2n) is 6.70. The van der Waals surface area contributed by atoms with Crippen LogP contribution in [0.25, 0.3) is 11.0 Å². The summed E-state index contributed by atoms with van der Waals surface area (Å²) < 4.78 is 67.0. The maximum Gasteiger partial charge on any atom is 0.451 e. The van der Waals surface area contributed by atoms with Gasteiger partial charge in [-0.05, 0) is 25.0 Å². The zero-order valence-corrected chi connectivity index (χ0v) is 15.8. The number of fused-ring (bicyclic) bond motifs is 1. The van der Waals surface area contributed by atoms with E-state index in [0.717, 1.165) is 0 Å². The number of nitrogens with zero attached hydrogens (tertiary/aromatic N) is 4. The van der Waals surface area contributed by atoms with E-state index in [-0.39, 0.29) is 22.4 Å². The van der Waals surface area contributed by atoms with Crippen molar-refractivity contribution in [2.75, 3.05) is 18.0 Å². The summed E-state index contributed by atoms with van der Waals surface area (Å²) in [5.74, 6) is -1.10.